The van der Waals surface area contributed by atoms with Crippen molar-refractivity contribution in [3.8, 4) is 11.4 Å². The molecule has 0 aliphatic rings. The van der Waals surface area contributed by atoms with Gasteiger partial charge in [-0.1, -0.05) is 12.1 Å². The third kappa shape index (κ3) is 3.27. The molecular formula is C16H19N7O. The van der Waals surface area contributed by atoms with Gasteiger partial charge in [-0.25, -0.2) is 4.79 Å². The molecule has 0 radical (unpaired) electrons. The Labute approximate surface area is 139 Å². The molecule has 0 bridgehead atoms. The van der Waals surface area contributed by atoms with Crippen molar-refractivity contribution < 1.29 is 4.79 Å². The largest absolute Gasteiger partial charge is 0.332 e. The highest BCUT2D eigenvalue weighted by Crippen LogP contribution is 2.18. The zero-order valence-electron chi connectivity index (χ0n) is 13.8. The Morgan fingerprint density at radius 3 is 2.83 bits per heavy atom. The summed E-state index contributed by atoms with van der Waals surface area (Å²) in [5.41, 5.74) is 5.03. The molecule has 0 aliphatic heterocycles. The fourth-order valence-electron chi connectivity index (χ4n) is 2.39. The summed E-state index contributed by atoms with van der Waals surface area (Å²) in [7, 11) is 1.83. The molecule has 0 fully saturated rings. The van der Waals surface area contributed by atoms with Crippen molar-refractivity contribution in [2.75, 3.05) is 5.32 Å². The summed E-state index contributed by atoms with van der Waals surface area (Å²) in [5, 5.41) is 20.6. The summed E-state index contributed by atoms with van der Waals surface area (Å²) in [6.45, 7) is 4.19. The first-order valence-electron chi connectivity index (χ1n) is 7.54. The number of anilines is 1. The molecule has 2 aromatic heterocycles. The summed E-state index contributed by atoms with van der Waals surface area (Å²) in [5.74, 6) is 0. The van der Waals surface area contributed by atoms with Crippen LogP contribution in [0.4, 0.5) is 10.5 Å². The fourth-order valence-corrected chi connectivity index (χ4v) is 2.39. The van der Waals surface area contributed by atoms with E-state index in [0.717, 1.165) is 22.5 Å². The lowest BCUT2D eigenvalue weighted by atomic mass is 10.1. The van der Waals surface area contributed by atoms with Gasteiger partial charge < -0.3 is 10.6 Å². The Kier molecular flexibility index (Phi) is 4.28. The monoisotopic (exact) mass is 325 g/mol. The van der Waals surface area contributed by atoms with Crippen LogP contribution in [0.1, 0.15) is 16.8 Å². The zero-order valence-corrected chi connectivity index (χ0v) is 13.8. The SMILES string of the molecule is Cc1ccc(C)c(NC(=O)NCc2n[nH]nc2-c2ccnn2C)c1. The van der Waals surface area contributed by atoms with Gasteiger partial charge in [0.2, 0.25) is 0 Å². The van der Waals surface area contributed by atoms with Crippen LogP contribution in [0.15, 0.2) is 30.5 Å². The third-order valence-corrected chi connectivity index (χ3v) is 3.74. The lowest BCUT2D eigenvalue weighted by Crippen LogP contribution is -2.28. The van der Waals surface area contributed by atoms with Crippen LogP contribution in [0.3, 0.4) is 0 Å². The van der Waals surface area contributed by atoms with Crippen molar-refractivity contribution in [3.05, 3.63) is 47.3 Å². The van der Waals surface area contributed by atoms with E-state index in [-0.39, 0.29) is 12.6 Å². The number of aromatic nitrogens is 5. The van der Waals surface area contributed by atoms with Gasteiger partial charge in [0.25, 0.3) is 0 Å². The number of aryl methyl sites for hydroxylation is 3. The van der Waals surface area contributed by atoms with Gasteiger partial charge in [-0.15, -0.1) is 0 Å². The number of H-pyrrole nitrogens is 1. The van der Waals surface area contributed by atoms with Gasteiger partial charge in [0, 0.05) is 18.9 Å². The summed E-state index contributed by atoms with van der Waals surface area (Å²) in [4.78, 5) is 12.1. The average molecular weight is 325 g/mol. The van der Waals surface area contributed by atoms with Crippen molar-refractivity contribution in [1.29, 1.82) is 0 Å². The number of amides is 2. The van der Waals surface area contributed by atoms with Crippen LogP contribution < -0.4 is 10.6 Å². The van der Waals surface area contributed by atoms with Gasteiger partial charge in [0.1, 0.15) is 11.4 Å². The van der Waals surface area contributed by atoms with Gasteiger partial charge in [0.05, 0.1) is 12.2 Å². The van der Waals surface area contributed by atoms with Crippen LogP contribution in [0.2, 0.25) is 0 Å². The minimum Gasteiger partial charge on any atom is -0.332 e. The highest BCUT2D eigenvalue weighted by Gasteiger charge is 2.14. The topological polar surface area (TPSA) is 101 Å². The Balaban J connectivity index is 1.66. The molecule has 3 N–H and O–H groups in total. The van der Waals surface area contributed by atoms with E-state index in [1.807, 2.05) is 45.2 Å². The van der Waals surface area contributed by atoms with Crippen LogP contribution in [0, 0.1) is 13.8 Å². The van der Waals surface area contributed by atoms with Crippen molar-refractivity contribution in [2.45, 2.75) is 20.4 Å². The van der Waals surface area contributed by atoms with E-state index in [2.05, 4.69) is 31.1 Å². The third-order valence-electron chi connectivity index (χ3n) is 3.74. The number of nitrogens with zero attached hydrogens (tertiary/aromatic N) is 4. The quantitative estimate of drug-likeness (QED) is 0.684. The second-order valence-electron chi connectivity index (χ2n) is 5.59. The number of benzene rings is 1. The van der Waals surface area contributed by atoms with Gasteiger partial charge in [-0.05, 0) is 37.1 Å². The molecule has 2 amide bonds. The van der Waals surface area contributed by atoms with Crippen LogP contribution in [0.25, 0.3) is 11.4 Å². The minimum absolute atomic E-state index is 0.258. The Morgan fingerprint density at radius 2 is 2.08 bits per heavy atom. The second kappa shape index (κ2) is 6.53. The smallest absolute Gasteiger partial charge is 0.319 e. The molecular weight excluding hydrogens is 306 g/mol. The number of hydrogen-bond donors (Lipinski definition) is 3. The van der Waals surface area contributed by atoms with E-state index in [4.69, 9.17) is 0 Å². The lowest BCUT2D eigenvalue weighted by molar-refractivity contribution is 0.251. The molecule has 0 spiro atoms. The van der Waals surface area contributed by atoms with Crippen molar-refractivity contribution >= 4 is 11.7 Å². The summed E-state index contributed by atoms with van der Waals surface area (Å²) in [6.07, 6.45) is 1.69. The lowest BCUT2D eigenvalue weighted by Gasteiger charge is -2.10. The second-order valence-corrected chi connectivity index (χ2v) is 5.59. The fraction of sp³-hybridized carbons (Fsp3) is 0.250. The maximum atomic E-state index is 12.1. The average Bonchev–Trinajstić information content (AvgIpc) is 3.17. The highest BCUT2D eigenvalue weighted by atomic mass is 16.2. The number of aromatic amines is 1. The summed E-state index contributed by atoms with van der Waals surface area (Å²) in [6, 6.07) is 7.48. The van der Waals surface area contributed by atoms with Gasteiger partial charge in [0.15, 0.2) is 0 Å². The number of hydrogen-bond acceptors (Lipinski definition) is 4. The standard InChI is InChI=1S/C16H19N7O/c1-10-4-5-11(2)12(8-10)19-16(24)17-9-13-15(21-22-20-13)14-6-7-18-23(14)3/h4-8H,9H2,1-3H3,(H2,17,19,24)(H,20,21,22). The van der Waals surface area contributed by atoms with Crippen molar-refractivity contribution in [3.63, 3.8) is 0 Å². The van der Waals surface area contributed by atoms with E-state index in [1.165, 1.54) is 0 Å². The number of nitrogens with one attached hydrogen (secondary N) is 3. The van der Waals surface area contributed by atoms with E-state index in [1.54, 1.807) is 10.9 Å². The Morgan fingerprint density at radius 1 is 1.25 bits per heavy atom. The molecule has 0 unspecified atom stereocenters. The Hall–Kier alpha value is -3.16. The van der Waals surface area contributed by atoms with Crippen LogP contribution in [-0.4, -0.2) is 31.2 Å². The normalized spacial score (nSPS) is 10.6. The van der Waals surface area contributed by atoms with Crippen LogP contribution in [-0.2, 0) is 13.6 Å². The molecule has 1 aromatic carbocycles. The molecule has 8 heteroatoms. The number of carbonyl (C=O) groups excluding carboxylic acids is 1. The minimum atomic E-state index is -0.289. The predicted molar refractivity (Wildman–Crippen MR) is 90.4 cm³/mol. The number of carbonyl (C=O) groups is 1. The molecule has 0 saturated heterocycles. The summed E-state index contributed by atoms with van der Waals surface area (Å²) >= 11 is 0. The van der Waals surface area contributed by atoms with Crippen LogP contribution in [0.5, 0.6) is 0 Å². The van der Waals surface area contributed by atoms with Crippen molar-refractivity contribution in [2.24, 2.45) is 7.05 Å². The molecule has 2 heterocycles. The van der Waals surface area contributed by atoms with Crippen molar-refractivity contribution in [1.82, 2.24) is 30.5 Å². The van der Waals surface area contributed by atoms with Gasteiger partial charge >= 0.3 is 6.03 Å². The summed E-state index contributed by atoms with van der Waals surface area (Å²) < 4.78 is 1.71. The van der Waals surface area contributed by atoms with E-state index >= 15 is 0 Å². The number of rotatable bonds is 4. The number of urea groups is 1. The first-order chi connectivity index (χ1) is 11.5. The molecule has 0 atom stereocenters. The first kappa shape index (κ1) is 15.7. The molecule has 8 nitrogen and oxygen atoms in total. The molecule has 3 rings (SSSR count). The van der Waals surface area contributed by atoms with E-state index in [0.29, 0.717) is 11.4 Å². The highest BCUT2D eigenvalue weighted by molar-refractivity contribution is 5.90. The molecule has 3 aromatic rings. The van der Waals surface area contributed by atoms with Crippen LogP contribution >= 0.6 is 0 Å². The Bertz CT molecular complexity index is 865. The molecule has 24 heavy (non-hydrogen) atoms. The predicted octanol–water partition coefficient (Wildman–Crippen LogP) is 2.14. The maximum Gasteiger partial charge on any atom is 0.319 e. The molecule has 0 saturated carbocycles. The first-order valence-corrected chi connectivity index (χ1v) is 7.54. The van der Waals surface area contributed by atoms with E-state index < -0.39 is 0 Å². The van der Waals surface area contributed by atoms with Gasteiger partial charge in [-0.3, -0.25) is 4.68 Å². The van der Waals surface area contributed by atoms with Gasteiger partial charge in [-0.2, -0.15) is 20.5 Å². The molecule has 124 valence electrons. The maximum absolute atomic E-state index is 12.1. The molecule has 0 aliphatic carbocycles. The zero-order chi connectivity index (χ0) is 17.1. The van der Waals surface area contributed by atoms with E-state index in [9.17, 15) is 4.79 Å².